The van der Waals surface area contributed by atoms with Crippen molar-refractivity contribution in [3.8, 4) is 6.07 Å². The highest BCUT2D eigenvalue weighted by atomic mass is 19.1. The molecular weight excluding hydrogens is 250 g/mol. The molecule has 0 amide bonds. The van der Waals surface area contributed by atoms with Crippen molar-refractivity contribution in [2.45, 2.75) is 31.9 Å². The number of aliphatic hydroxyl groups is 1. The zero-order chi connectivity index (χ0) is 13.8. The van der Waals surface area contributed by atoms with E-state index in [-0.39, 0.29) is 29.7 Å². The molecule has 1 aliphatic carbocycles. The van der Waals surface area contributed by atoms with Gasteiger partial charge in [0.2, 0.25) is 0 Å². The molecule has 1 fully saturated rings. The van der Waals surface area contributed by atoms with Crippen LogP contribution in [0.5, 0.6) is 0 Å². The molecule has 0 saturated heterocycles. The summed E-state index contributed by atoms with van der Waals surface area (Å²) in [6.07, 6.45) is 2.41. The lowest BCUT2D eigenvalue weighted by atomic mass is 10.1. The van der Waals surface area contributed by atoms with E-state index in [0.29, 0.717) is 6.54 Å². The van der Waals surface area contributed by atoms with Gasteiger partial charge in [-0.15, -0.1) is 0 Å². The molecule has 2 atom stereocenters. The average molecular weight is 266 g/mol. The van der Waals surface area contributed by atoms with Crippen molar-refractivity contribution in [2.24, 2.45) is 5.92 Å². The Bertz CT molecular complexity index is 476. The summed E-state index contributed by atoms with van der Waals surface area (Å²) in [6.45, 7) is 0.604. The fourth-order valence-electron chi connectivity index (χ4n) is 2.47. The number of hydrogen-bond acceptors (Lipinski definition) is 3. The van der Waals surface area contributed by atoms with Crippen LogP contribution in [0.15, 0.2) is 12.1 Å². The number of hydrogen-bond donors (Lipinski definition) is 2. The Hall–Kier alpha value is -1.51. The Morgan fingerprint density at radius 3 is 2.53 bits per heavy atom. The SMILES string of the molecule is N#Cc1cc(F)c(CNCC2CCCC2O)c(F)c1. The van der Waals surface area contributed by atoms with Crippen LogP contribution in [-0.2, 0) is 6.54 Å². The molecule has 0 bridgehead atoms. The fourth-order valence-corrected chi connectivity index (χ4v) is 2.47. The minimum atomic E-state index is -0.712. The number of halogens is 2. The summed E-state index contributed by atoms with van der Waals surface area (Å²) in [6, 6.07) is 3.77. The molecular formula is C14H16F2N2O. The highest BCUT2D eigenvalue weighted by molar-refractivity contribution is 5.34. The first-order valence-corrected chi connectivity index (χ1v) is 6.38. The van der Waals surface area contributed by atoms with Crippen molar-refractivity contribution in [1.29, 1.82) is 5.26 Å². The molecule has 1 saturated carbocycles. The lowest BCUT2D eigenvalue weighted by Crippen LogP contribution is -2.28. The number of nitrogens with zero attached hydrogens (tertiary/aromatic N) is 1. The summed E-state index contributed by atoms with van der Waals surface area (Å²) in [5, 5.41) is 21.2. The minimum Gasteiger partial charge on any atom is -0.393 e. The van der Waals surface area contributed by atoms with E-state index < -0.39 is 11.6 Å². The number of benzene rings is 1. The lowest BCUT2D eigenvalue weighted by molar-refractivity contribution is 0.131. The van der Waals surface area contributed by atoms with Crippen LogP contribution in [0.4, 0.5) is 8.78 Å². The highest BCUT2D eigenvalue weighted by Crippen LogP contribution is 2.24. The first kappa shape index (κ1) is 13.9. The Balaban J connectivity index is 1.94. The van der Waals surface area contributed by atoms with Crippen LogP contribution in [0.1, 0.15) is 30.4 Å². The first-order chi connectivity index (χ1) is 9.11. The van der Waals surface area contributed by atoms with Gasteiger partial charge in [-0.25, -0.2) is 8.78 Å². The van der Waals surface area contributed by atoms with Crippen molar-refractivity contribution in [1.82, 2.24) is 5.32 Å². The lowest BCUT2D eigenvalue weighted by Gasteiger charge is -2.15. The van der Waals surface area contributed by atoms with E-state index in [0.717, 1.165) is 31.4 Å². The first-order valence-electron chi connectivity index (χ1n) is 6.38. The van der Waals surface area contributed by atoms with Gasteiger partial charge in [-0.05, 0) is 30.9 Å². The topological polar surface area (TPSA) is 56.0 Å². The molecule has 0 aromatic heterocycles. The maximum absolute atomic E-state index is 13.6. The molecule has 0 radical (unpaired) electrons. The molecule has 0 aliphatic heterocycles. The van der Waals surface area contributed by atoms with E-state index in [2.05, 4.69) is 5.32 Å². The summed E-state index contributed by atoms with van der Waals surface area (Å²) < 4.78 is 27.2. The molecule has 2 unspecified atom stereocenters. The van der Waals surface area contributed by atoms with E-state index >= 15 is 0 Å². The average Bonchev–Trinajstić information content (AvgIpc) is 2.78. The summed E-state index contributed by atoms with van der Waals surface area (Å²) >= 11 is 0. The summed E-state index contributed by atoms with van der Waals surface area (Å²) in [5.74, 6) is -1.27. The maximum atomic E-state index is 13.6. The van der Waals surface area contributed by atoms with E-state index in [1.54, 1.807) is 6.07 Å². The quantitative estimate of drug-likeness (QED) is 0.877. The van der Waals surface area contributed by atoms with Crippen LogP contribution < -0.4 is 5.32 Å². The number of rotatable bonds is 4. The summed E-state index contributed by atoms with van der Waals surface area (Å²) in [5.41, 5.74) is -0.0866. The molecule has 102 valence electrons. The Morgan fingerprint density at radius 2 is 2.00 bits per heavy atom. The van der Waals surface area contributed by atoms with Crippen LogP contribution in [0.25, 0.3) is 0 Å². The molecule has 3 nitrogen and oxygen atoms in total. The fraction of sp³-hybridized carbons (Fsp3) is 0.500. The van der Waals surface area contributed by atoms with Gasteiger partial charge in [0, 0.05) is 18.7 Å². The zero-order valence-corrected chi connectivity index (χ0v) is 10.5. The molecule has 0 heterocycles. The normalized spacial score (nSPS) is 22.4. The van der Waals surface area contributed by atoms with E-state index in [4.69, 9.17) is 5.26 Å². The van der Waals surface area contributed by atoms with Gasteiger partial charge >= 0.3 is 0 Å². The van der Waals surface area contributed by atoms with Gasteiger partial charge in [0.05, 0.1) is 17.7 Å². The van der Waals surface area contributed by atoms with Gasteiger partial charge in [-0.1, -0.05) is 6.42 Å². The number of nitriles is 1. The van der Waals surface area contributed by atoms with Gasteiger partial charge in [-0.3, -0.25) is 0 Å². The van der Waals surface area contributed by atoms with Gasteiger partial charge in [0.25, 0.3) is 0 Å². The number of nitrogens with one attached hydrogen (secondary N) is 1. The molecule has 0 spiro atoms. The van der Waals surface area contributed by atoms with Crippen molar-refractivity contribution in [3.05, 3.63) is 34.9 Å². The molecule has 1 aromatic carbocycles. The Labute approximate surface area is 110 Å². The standard InChI is InChI=1S/C14H16F2N2O/c15-12-4-9(6-17)5-13(16)11(12)8-18-7-10-2-1-3-14(10)19/h4-5,10,14,18-19H,1-3,7-8H2. The second-order valence-corrected chi connectivity index (χ2v) is 4.92. The second-order valence-electron chi connectivity index (χ2n) is 4.92. The third-order valence-electron chi connectivity index (χ3n) is 3.60. The van der Waals surface area contributed by atoms with Crippen molar-refractivity contribution in [2.75, 3.05) is 6.54 Å². The second kappa shape index (κ2) is 6.09. The van der Waals surface area contributed by atoms with E-state index in [9.17, 15) is 13.9 Å². The van der Waals surface area contributed by atoms with E-state index in [1.807, 2.05) is 0 Å². The highest BCUT2D eigenvalue weighted by Gasteiger charge is 2.24. The van der Waals surface area contributed by atoms with Gasteiger partial charge in [-0.2, -0.15) is 5.26 Å². The molecule has 2 N–H and O–H groups in total. The van der Waals surface area contributed by atoms with Crippen LogP contribution >= 0.6 is 0 Å². The minimum absolute atomic E-state index is 0.0232. The van der Waals surface area contributed by atoms with Gasteiger partial charge in [0.1, 0.15) is 11.6 Å². The van der Waals surface area contributed by atoms with Gasteiger partial charge < -0.3 is 10.4 Å². The molecule has 1 aliphatic rings. The van der Waals surface area contributed by atoms with Crippen molar-refractivity contribution < 1.29 is 13.9 Å². The van der Waals surface area contributed by atoms with Crippen molar-refractivity contribution in [3.63, 3.8) is 0 Å². The smallest absolute Gasteiger partial charge is 0.131 e. The zero-order valence-electron chi connectivity index (χ0n) is 10.5. The Kier molecular flexibility index (Phi) is 4.46. The molecule has 5 heteroatoms. The van der Waals surface area contributed by atoms with Gasteiger partial charge in [0.15, 0.2) is 0 Å². The summed E-state index contributed by atoms with van der Waals surface area (Å²) in [4.78, 5) is 0. The predicted molar refractivity (Wildman–Crippen MR) is 66.1 cm³/mol. The molecule has 2 rings (SSSR count). The van der Waals surface area contributed by atoms with Crippen LogP contribution in [-0.4, -0.2) is 17.8 Å². The largest absolute Gasteiger partial charge is 0.393 e. The van der Waals surface area contributed by atoms with Crippen LogP contribution in [0, 0.1) is 28.9 Å². The third-order valence-corrected chi connectivity index (χ3v) is 3.60. The predicted octanol–water partition coefficient (Wildman–Crippen LogP) is 2.09. The Morgan fingerprint density at radius 1 is 1.32 bits per heavy atom. The van der Waals surface area contributed by atoms with E-state index in [1.165, 1.54) is 0 Å². The maximum Gasteiger partial charge on any atom is 0.131 e. The number of aliphatic hydroxyl groups excluding tert-OH is 1. The van der Waals surface area contributed by atoms with Crippen LogP contribution in [0.2, 0.25) is 0 Å². The molecule has 19 heavy (non-hydrogen) atoms. The third kappa shape index (κ3) is 3.28. The van der Waals surface area contributed by atoms with Crippen molar-refractivity contribution >= 4 is 0 Å². The summed E-state index contributed by atoms with van der Waals surface area (Å²) in [7, 11) is 0. The van der Waals surface area contributed by atoms with Crippen LogP contribution in [0.3, 0.4) is 0 Å². The molecule has 1 aromatic rings. The monoisotopic (exact) mass is 266 g/mol.